The van der Waals surface area contributed by atoms with Crippen LogP contribution in [0, 0.1) is 18.2 Å². The number of hydrogen-bond donors (Lipinski definition) is 2. The summed E-state index contributed by atoms with van der Waals surface area (Å²) in [6.45, 7) is 2.03. The maximum absolute atomic E-state index is 13.7. The lowest BCUT2D eigenvalue weighted by molar-refractivity contribution is -0.141. The highest BCUT2D eigenvalue weighted by Crippen LogP contribution is 2.43. The predicted molar refractivity (Wildman–Crippen MR) is 72.0 cm³/mol. The molecule has 0 aliphatic heterocycles. The molecule has 0 radical (unpaired) electrons. The van der Waals surface area contributed by atoms with Gasteiger partial charge in [0.15, 0.2) is 0 Å². The van der Waals surface area contributed by atoms with Crippen molar-refractivity contribution in [2.75, 3.05) is 6.54 Å². The minimum Gasteiger partial charge on any atom is -0.481 e. The van der Waals surface area contributed by atoms with Crippen molar-refractivity contribution in [3.05, 3.63) is 35.1 Å². The van der Waals surface area contributed by atoms with E-state index in [4.69, 9.17) is 5.11 Å². The van der Waals surface area contributed by atoms with Gasteiger partial charge in [0.25, 0.3) is 5.91 Å². The highest BCUT2D eigenvalue weighted by Gasteiger charge is 2.39. The molecule has 0 bridgehead atoms. The van der Waals surface area contributed by atoms with Crippen molar-refractivity contribution in [2.45, 2.75) is 32.6 Å². The molecule has 1 aliphatic rings. The fraction of sp³-hybridized carbons (Fsp3) is 0.467. The Labute approximate surface area is 117 Å². The van der Waals surface area contributed by atoms with E-state index in [1.165, 1.54) is 12.1 Å². The lowest BCUT2D eigenvalue weighted by Gasteiger charge is -2.40. The first kappa shape index (κ1) is 14.5. The third-order valence-corrected chi connectivity index (χ3v) is 3.93. The summed E-state index contributed by atoms with van der Waals surface area (Å²) in [4.78, 5) is 22.8. The first-order valence-electron chi connectivity index (χ1n) is 6.68. The second-order valence-electron chi connectivity index (χ2n) is 5.59. The van der Waals surface area contributed by atoms with E-state index in [1.807, 2.05) is 0 Å². The van der Waals surface area contributed by atoms with E-state index >= 15 is 0 Å². The van der Waals surface area contributed by atoms with Crippen molar-refractivity contribution in [1.82, 2.24) is 5.32 Å². The van der Waals surface area contributed by atoms with Gasteiger partial charge in [0.1, 0.15) is 5.82 Å². The Bertz CT molecular complexity index is 538. The van der Waals surface area contributed by atoms with Crippen LogP contribution in [0.2, 0.25) is 0 Å². The van der Waals surface area contributed by atoms with Gasteiger partial charge < -0.3 is 10.4 Å². The van der Waals surface area contributed by atoms with Gasteiger partial charge in [-0.25, -0.2) is 4.39 Å². The van der Waals surface area contributed by atoms with Gasteiger partial charge in [0.05, 0.1) is 12.0 Å². The Hall–Kier alpha value is -1.91. The molecule has 1 amide bonds. The van der Waals surface area contributed by atoms with Crippen molar-refractivity contribution >= 4 is 11.9 Å². The van der Waals surface area contributed by atoms with E-state index in [-0.39, 0.29) is 23.9 Å². The molecule has 1 aliphatic carbocycles. The van der Waals surface area contributed by atoms with Crippen molar-refractivity contribution in [3.8, 4) is 0 Å². The molecule has 5 heteroatoms. The molecule has 1 fully saturated rings. The number of carboxylic acids is 1. The number of carbonyl (C=O) groups excluding carboxylic acids is 1. The van der Waals surface area contributed by atoms with E-state index in [2.05, 4.69) is 5.32 Å². The Morgan fingerprint density at radius 1 is 1.40 bits per heavy atom. The minimum atomic E-state index is -0.861. The van der Waals surface area contributed by atoms with Crippen LogP contribution in [0.25, 0.3) is 0 Å². The molecule has 0 spiro atoms. The van der Waals surface area contributed by atoms with E-state index in [9.17, 15) is 14.0 Å². The second kappa shape index (κ2) is 5.61. The monoisotopic (exact) mass is 279 g/mol. The number of nitrogens with one attached hydrogen (secondary N) is 1. The molecule has 2 rings (SSSR count). The maximum atomic E-state index is 13.7. The van der Waals surface area contributed by atoms with Crippen LogP contribution in [0.5, 0.6) is 0 Å². The average Bonchev–Trinajstić information content (AvgIpc) is 2.31. The highest BCUT2D eigenvalue weighted by atomic mass is 19.1. The van der Waals surface area contributed by atoms with Crippen LogP contribution in [0.1, 0.15) is 41.6 Å². The molecule has 2 N–H and O–H groups in total. The average molecular weight is 279 g/mol. The number of aliphatic carboxylic acids is 1. The van der Waals surface area contributed by atoms with Crippen molar-refractivity contribution in [3.63, 3.8) is 0 Å². The van der Waals surface area contributed by atoms with E-state index < -0.39 is 17.7 Å². The standard InChI is InChI=1S/C15H18FNO3/c1-10-3-4-11(12(16)7-10)14(20)17-9-15(5-2-6-15)8-13(18)19/h3-4,7H,2,5-6,8-9H2,1H3,(H,17,20)(H,18,19). The molecule has 0 unspecified atom stereocenters. The number of carbonyl (C=O) groups is 2. The number of benzene rings is 1. The lowest BCUT2D eigenvalue weighted by atomic mass is 9.66. The number of rotatable bonds is 5. The zero-order valence-corrected chi connectivity index (χ0v) is 11.4. The minimum absolute atomic E-state index is 0.000369. The van der Waals surface area contributed by atoms with Crippen LogP contribution in [0.15, 0.2) is 18.2 Å². The molecular weight excluding hydrogens is 261 g/mol. The summed E-state index contributed by atoms with van der Waals surface area (Å²) >= 11 is 0. The zero-order valence-electron chi connectivity index (χ0n) is 11.4. The van der Waals surface area contributed by atoms with Crippen LogP contribution in [0.3, 0.4) is 0 Å². The van der Waals surface area contributed by atoms with Gasteiger partial charge in [-0.05, 0) is 42.9 Å². The molecule has 0 atom stereocenters. The summed E-state index contributed by atoms with van der Waals surface area (Å²) in [6.07, 6.45) is 2.59. The fourth-order valence-corrected chi connectivity index (χ4v) is 2.58. The number of halogens is 1. The molecule has 1 aromatic rings. The predicted octanol–water partition coefficient (Wildman–Crippen LogP) is 2.51. The Kier molecular flexibility index (Phi) is 4.06. The summed E-state index contributed by atoms with van der Waals surface area (Å²) < 4.78 is 13.7. The van der Waals surface area contributed by atoms with Gasteiger partial charge in [-0.15, -0.1) is 0 Å². The van der Waals surface area contributed by atoms with E-state index in [1.54, 1.807) is 13.0 Å². The third-order valence-electron chi connectivity index (χ3n) is 3.93. The Balaban J connectivity index is 1.99. The molecule has 108 valence electrons. The lowest BCUT2D eigenvalue weighted by Crippen LogP contribution is -2.43. The maximum Gasteiger partial charge on any atom is 0.303 e. The van der Waals surface area contributed by atoms with Gasteiger partial charge in [0, 0.05) is 6.54 Å². The van der Waals surface area contributed by atoms with Crippen molar-refractivity contribution < 1.29 is 19.1 Å². The normalized spacial score (nSPS) is 16.3. The molecule has 4 nitrogen and oxygen atoms in total. The first-order chi connectivity index (χ1) is 9.42. The summed E-state index contributed by atoms with van der Waals surface area (Å²) in [5.41, 5.74) is 0.392. The quantitative estimate of drug-likeness (QED) is 0.870. The smallest absolute Gasteiger partial charge is 0.303 e. The Morgan fingerprint density at radius 2 is 2.10 bits per heavy atom. The molecule has 20 heavy (non-hydrogen) atoms. The zero-order chi connectivity index (χ0) is 14.8. The van der Waals surface area contributed by atoms with Crippen LogP contribution in [-0.2, 0) is 4.79 Å². The fourth-order valence-electron chi connectivity index (χ4n) is 2.58. The molecule has 0 aromatic heterocycles. The van der Waals surface area contributed by atoms with Crippen molar-refractivity contribution in [2.24, 2.45) is 5.41 Å². The molecule has 1 aromatic carbocycles. The van der Waals surface area contributed by atoms with Gasteiger partial charge >= 0.3 is 5.97 Å². The molecule has 0 heterocycles. The number of aryl methyl sites for hydroxylation is 1. The second-order valence-corrected chi connectivity index (χ2v) is 5.59. The van der Waals surface area contributed by atoms with Gasteiger partial charge in [-0.2, -0.15) is 0 Å². The highest BCUT2D eigenvalue weighted by molar-refractivity contribution is 5.94. The molecule has 0 saturated heterocycles. The summed E-state index contributed by atoms with van der Waals surface area (Å²) in [7, 11) is 0. The number of amides is 1. The van der Waals surface area contributed by atoms with Gasteiger partial charge in [-0.3, -0.25) is 9.59 Å². The van der Waals surface area contributed by atoms with E-state index in [0.29, 0.717) is 0 Å². The van der Waals surface area contributed by atoms with Crippen LogP contribution in [0.4, 0.5) is 4.39 Å². The molecular formula is C15H18FNO3. The summed E-state index contributed by atoms with van der Waals surface area (Å²) in [5, 5.41) is 11.6. The third kappa shape index (κ3) is 3.15. The topological polar surface area (TPSA) is 66.4 Å². The number of carboxylic acid groups (broad SMARTS) is 1. The van der Waals surface area contributed by atoms with Crippen molar-refractivity contribution in [1.29, 1.82) is 0 Å². The van der Waals surface area contributed by atoms with Crippen LogP contribution < -0.4 is 5.32 Å². The first-order valence-corrected chi connectivity index (χ1v) is 6.68. The van der Waals surface area contributed by atoms with Crippen LogP contribution in [-0.4, -0.2) is 23.5 Å². The Morgan fingerprint density at radius 3 is 2.60 bits per heavy atom. The molecule has 1 saturated carbocycles. The van der Waals surface area contributed by atoms with Crippen LogP contribution >= 0.6 is 0 Å². The van der Waals surface area contributed by atoms with E-state index in [0.717, 1.165) is 24.8 Å². The summed E-state index contributed by atoms with van der Waals surface area (Å²) in [5.74, 6) is -1.90. The number of hydrogen-bond acceptors (Lipinski definition) is 2. The summed E-state index contributed by atoms with van der Waals surface area (Å²) in [6, 6.07) is 4.43. The van der Waals surface area contributed by atoms with Gasteiger partial charge in [0.2, 0.25) is 0 Å². The largest absolute Gasteiger partial charge is 0.481 e. The van der Waals surface area contributed by atoms with Gasteiger partial charge in [-0.1, -0.05) is 12.5 Å². The SMILES string of the molecule is Cc1ccc(C(=O)NCC2(CC(=O)O)CCC2)c(F)c1.